The SMILES string of the molecule is CC(NC(=O)c1cccs1)C(=O)NCCNc1ccccc1[N+](=O)[O-]. The predicted octanol–water partition coefficient (Wildman–Crippen LogP) is 2.00. The number of thiophene rings is 1. The molecule has 0 aliphatic rings. The van der Waals surface area contributed by atoms with Gasteiger partial charge in [0.1, 0.15) is 11.7 Å². The van der Waals surface area contributed by atoms with Crippen LogP contribution < -0.4 is 16.0 Å². The second kappa shape index (κ2) is 8.78. The zero-order valence-electron chi connectivity index (χ0n) is 13.5. The van der Waals surface area contributed by atoms with Crippen LogP contribution in [0.2, 0.25) is 0 Å². The highest BCUT2D eigenvalue weighted by Gasteiger charge is 2.17. The Kier molecular flexibility index (Phi) is 6.47. The number of carbonyl (C=O) groups excluding carboxylic acids is 2. The number of nitrogens with one attached hydrogen (secondary N) is 3. The van der Waals surface area contributed by atoms with E-state index in [2.05, 4.69) is 16.0 Å². The summed E-state index contributed by atoms with van der Waals surface area (Å²) < 4.78 is 0. The molecule has 2 amide bonds. The molecule has 0 saturated heterocycles. The fourth-order valence-electron chi connectivity index (χ4n) is 2.06. The highest BCUT2D eigenvalue weighted by molar-refractivity contribution is 7.12. The Bertz CT molecular complexity index is 748. The zero-order chi connectivity index (χ0) is 18.2. The number of hydrogen-bond acceptors (Lipinski definition) is 6. The highest BCUT2D eigenvalue weighted by atomic mass is 32.1. The number of nitro benzene ring substituents is 1. The molecule has 0 aliphatic heterocycles. The molecule has 1 aromatic heterocycles. The number of para-hydroxylation sites is 2. The third-order valence-electron chi connectivity index (χ3n) is 3.33. The van der Waals surface area contributed by atoms with Crippen LogP contribution in [0.5, 0.6) is 0 Å². The summed E-state index contributed by atoms with van der Waals surface area (Å²) in [5, 5.41) is 20.9. The molecule has 2 aromatic rings. The molecule has 0 spiro atoms. The molecule has 1 heterocycles. The van der Waals surface area contributed by atoms with Crippen LogP contribution in [-0.4, -0.2) is 35.9 Å². The summed E-state index contributed by atoms with van der Waals surface area (Å²) in [5.74, 6) is -0.620. The van der Waals surface area contributed by atoms with Gasteiger partial charge in [-0.25, -0.2) is 0 Å². The van der Waals surface area contributed by atoms with E-state index in [0.29, 0.717) is 17.1 Å². The van der Waals surface area contributed by atoms with Crippen molar-refractivity contribution in [3.63, 3.8) is 0 Å². The lowest BCUT2D eigenvalue weighted by atomic mass is 10.2. The average Bonchev–Trinajstić information content (AvgIpc) is 3.13. The summed E-state index contributed by atoms with van der Waals surface area (Å²) in [5.41, 5.74) is 0.367. The van der Waals surface area contributed by atoms with E-state index in [1.165, 1.54) is 17.4 Å². The first-order chi connectivity index (χ1) is 12.0. The van der Waals surface area contributed by atoms with Gasteiger partial charge in [-0.15, -0.1) is 11.3 Å². The summed E-state index contributed by atoms with van der Waals surface area (Å²) in [6.45, 7) is 2.18. The molecular formula is C16H18N4O4S. The monoisotopic (exact) mass is 362 g/mol. The number of carbonyl (C=O) groups is 2. The van der Waals surface area contributed by atoms with E-state index in [4.69, 9.17) is 0 Å². The minimum atomic E-state index is -0.680. The van der Waals surface area contributed by atoms with Gasteiger partial charge in [0.2, 0.25) is 5.91 Å². The van der Waals surface area contributed by atoms with Gasteiger partial charge >= 0.3 is 0 Å². The normalized spacial score (nSPS) is 11.4. The molecule has 0 aliphatic carbocycles. The van der Waals surface area contributed by atoms with Gasteiger partial charge in [0.05, 0.1) is 9.80 Å². The number of benzene rings is 1. The first-order valence-corrected chi connectivity index (χ1v) is 8.46. The summed E-state index contributed by atoms with van der Waals surface area (Å²) >= 11 is 1.30. The van der Waals surface area contributed by atoms with Gasteiger partial charge in [0.25, 0.3) is 11.6 Å². The second-order valence-electron chi connectivity index (χ2n) is 5.16. The molecule has 1 aromatic carbocycles. The standard InChI is InChI=1S/C16H18N4O4S/c1-11(19-16(22)14-7-4-10-25-14)15(21)18-9-8-17-12-5-2-3-6-13(12)20(23)24/h2-7,10-11,17H,8-9H2,1H3,(H,18,21)(H,19,22). The van der Waals surface area contributed by atoms with Crippen molar-refractivity contribution in [3.8, 4) is 0 Å². The van der Waals surface area contributed by atoms with E-state index in [0.717, 1.165) is 0 Å². The summed E-state index contributed by atoms with van der Waals surface area (Å²) in [6, 6.07) is 9.05. The van der Waals surface area contributed by atoms with Crippen LogP contribution in [0.3, 0.4) is 0 Å². The largest absolute Gasteiger partial charge is 0.378 e. The van der Waals surface area contributed by atoms with Crippen molar-refractivity contribution in [2.75, 3.05) is 18.4 Å². The quantitative estimate of drug-likeness (QED) is 0.378. The van der Waals surface area contributed by atoms with Crippen LogP contribution >= 0.6 is 11.3 Å². The van der Waals surface area contributed by atoms with E-state index in [-0.39, 0.29) is 24.0 Å². The van der Waals surface area contributed by atoms with Crippen LogP contribution in [0.15, 0.2) is 41.8 Å². The van der Waals surface area contributed by atoms with E-state index >= 15 is 0 Å². The Morgan fingerprint density at radius 2 is 1.96 bits per heavy atom. The highest BCUT2D eigenvalue weighted by Crippen LogP contribution is 2.22. The van der Waals surface area contributed by atoms with Gasteiger partial charge in [0, 0.05) is 19.2 Å². The summed E-state index contributed by atoms with van der Waals surface area (Å²) in [6.07, 6.45) is 0. The average molecular weight is 362 g/mol. The number of rotatable bonds is 8. The number of nitrogens with zero attached hydrogens (tertiary/aromatic N) is 1. The van der Waals surface area contributed by atoms with Gasteiger partial charge in [0.15, 0.2) is 0 Å². The molecule has 0 saturated carbocycles. The van der Waals surface area contributed by atoms with E-state index < -0.39 is 11.0 Å². The summed E-state index contributed by atoms with van der Waals surface area (Å²) in [4.78, 5) is 34.8. The maximum Gasteiger partial charge on any atom is 0.292 e. The van der Waals surface area contributed by atoms with Crippen molar-refractivity contribution >= 4 is 34.5 Å². The topological polar surface area (TPSA) is 113 Å². The number of amides is 2. The molecule has 8 nitrogen and oxygen atoms in total. The predicted molar refractivity (Wildman–Crippen MR) is 95.8 cm³/mol. The van der Waals surface area contributed by atoms with Gasteiger partial charge in [-0.2, -0.15) is 0 Å². The van der Waals surface area contributed by atoms with Gasteiger partial charge in [-0.3, -0.25) is 19.7 Å². The molecule has 1 unspecified atom stereocenters. The van der Waals surface area contributed by atoms with Crippen LogP contribution in [0.25, 0.3) is 0 Å². The second-order valence-corrected chi connectivity index (χ2v) is 6.11. The van der Waals surface area contributed by atoms with Crippen molar-refractivity contribution in [3.05, 3.63) is 56.8 Å². The number of anilines is 1. The van der Waals surface area contributed by atoms with Crippen molar-refractivity contribution in [1.29, 1.82) is 0 Å². The Balaban J connectivity index is 1.75. The molecule has 0 fully saturated rings. The lowest BCUT2D eigenvalue weighted by Crippen LogP contribution is -2.45. The molecule has 0 bridgehead atoms. The molecule has 1 atom stereocenters. The van der Waals surface area contributed by atoms with Crippen molar-refractivity contribution in [2.45, 2.75) is 13.0 Å². The van der Waals surface area contributed by atoms with Crippen LogP contribution in [0, 0.1) is 10.1 Å². The van der Waals surface area contributed by atoms with Crippen LogP contribution in [0.4, 0.5) is 11.4 Å². The lowest BCUT2D eigenvalue weighted by Gasteiger charge is -2.14. The Hall–Kier alpha value is -2.94. The minimum Gasteiger partial charge on any atom is -0.378 e. The summed E-state index contributed by atoms with van der Waals surface area (Å²) in [7, 11) is 0. The molecular weight excluding hydrogens is 344 g/mol. The zero-order valence-corrected chi connectivity index (χ0v) is 14.3. The molecule has 3 N–H and O–H groups in total. The van der Waals surface area contributed by atoms with Crippen molar-refractivity contribution in [1.82, 2.24) is 10.6 Å². The molecule has 0 radical (unpaired) electrons. The third kappa shape index (κ3) is 5.28. The number of nitro groups is 1. The van der Waals surface area contributed by atoms with E-state index in [9.17, 15) is 19.7 Å². The Labute approximate surface area is 148 Å². The van der Waals surface area contributed by atoms with Gasteiger partial charge in [-0.1, -0.05) is 18.2 Å². The van der Waals surface area contributed by atoms with Crippen molar-refractivity contribution < 1.29 is 14.5 Å². The third-order valence-corrected chi connectivity index (χ3v) is 4.19. The minimum absolute atomic E-state index is 0.0228. The molecule has 132 valence electrons. The van der Waals surface area contributed by atoms with Gasteiger partial charge < -0.3 is 16.0 Å². The van der Waals surface area contributed by atoms with Crippen LogP contribution in [0.1, 0.15) is 16.6 Å². The molecule has 2 rings (SSSR count). The van der Waals surface area contributed by atoms with Crippen LogP contribution in [-0.2, 0) is 4.79 Å². The fourth-order valence-corrected chi connectivity index (χ4v) is 2.69. The van der Waals surface area contributed by atoms with Crippen molar-refractivity contribution in [2.24, 2.45) is 0 Å². The Morgan fingerprint density at radius 3 is 2.64 bits per heavy atom. The fraction of sp³-hybridized carbons (Fsp3) is 0.250. The maximum absolute atomic E-state index is 12.0. The number of hydrogen-bond donors (Lipinski definition) is 3. The van der Waals surface area contributed by atoms with Gasteiger partial charge in [-0.05, 0) is 24.4 Å². The first kappa shape index (κ1) is 18.4. The van der Waals surface area contributed by atoms with E-state index in [1.54, 1.807) is 42.6 Å². The van der Waals surface area contributed by atoms with E-state index in [1.807, 2.05) is 0 Å². The maximum atomic E-state index is 12.0. The first-order valence-electron chi connectivity index (χ1n) is 7.58. The lowest BCUT2D eigenvalue weighted by molar-refractivity contribution is -0.384. The Morgan fingerprint density at radius 1 is 1.20 bits per heavy atom. The molecule has 25 heavy (non-hydrogen) atoms. The molecule has 9 heteroatoms. The smallest absolute Gasteiger partial charge is 0.292 e.